The third-order valence-corrected chi connectivity index (χ3v) is 5.91. The minimum atomic E-state index is 0.371. The number of aromatic nitrogens is 1. The third kappa shape index (κ3) is 5.22. The molecule has 0 spiro atoms. The molecule has 1 atom stereocenters. The minimum absolute atomic E-state index is 0.371. The van der Waals surface area contributed by atoms with Crippen LogP contribution in [0.1, 0.15) is 37.5 Å². The largest absolute Gasteiger partial charge is 0.494 e. The fourth-order valence-electron chi connectivity index (χ4n) is 4.10. The Balaban J connectivity index is 1.22. The number of fused-ring (bicyclic) bond motifs is 1. The summed E-state index contributed by atoms with van der Waals surface area (Å²) in [6, 6.07) is 20.1. The number of hydrogen-bond acceptors (Lipinski definition) is 6. The second kappa shape index (κ2) is 10.4. The molecule has 5 rings (SSSR count). The fourth-order valence-corrected chi connectivity index (χ4v) is 4.10. The highest BCUT2D eigenvalue weighted by molar-refractivity contribution is 6.42. The molecular formula is C28H28N4O2. The molecule has 3 aromatic rings. The van der Waals surface area contributed by atoms with Crippen molar-refractivity contribution in [2.75, 3.05) is 13.2 Å². The number of nitrogens with zero attached hydrogens (tertiary/aromatic N) is 4. The first kappa shape index (κ1) is 22.0. The van der Waals surface area contributed by atoms with Crippen LogP contribution in [0.15, 0.2) is 91.9 Å². The summed E-state index contributed by atoms with van der Waals surface area (Å²) < 4.78 is 11.3. The summed E-state index contributed by atoms with van der Waals surface area (Å²) in [7, 11) is 0. The van der Waals surface area contributed by atoms with Crippen molar-refractivity contribution in [2.45, 2.75) is 32.6 Å². The molecule has 1 unspecified atom stereocenters. The topological polar surface area (TPSA) is 72.3 Å². The molecule has 34 heavy (non-hydrogen) atoms. The van der Waals surface area contributed by atoms with Gasteiger partial charge in [0.15, 0.2) is 5.84 Å². The molecule has 0 saturated carbocycles. The molecule has 3 heterocycles. The van der Waals surface area contributed by atoms with Crippen molar-refractivity contribution in [1.82, 2.24) is 5.16 Å². The van der Waals surface area contributed by atoms with Gasteiger partial charge in [0.05, 0.1) is 12.3 Å². The van der Waals surface area contributed by atoms with E-state index in [4.69, 9.17) is 24.2 Å². The van der Waals surface area contributed by atoms with E-state index in [1.807, 2.05) is 66.9 Å². The van der Waals surface area contributed by atoms with Crippen LogP contribution >= 0.6 is 0 Å². The van der Waals surface area contributed by atoms with Crippen LogP contribution in [0.25, 0.3) is 11.3 Å². The van der Waals surface area contributed by atoms with Gasteiger partial charge in [0, 0.05) is 36.4 Å². The molecule has 0 bridgehead atoms. The molecule has 2 aromatic carbocycles. The van der Waals surface area contributed by atoms with Crippen LogP contribution in [-0.2, 0) is 6.42 Å². The number of rotatable bonds is 7. The quantitative estimate of drug-likeness (QED) is 0.445. The Morgan fingerprint density at radius 3 is 2.68 bits per heavy atom. The molecule has 6 heteroatoms. The summed E-state index contributed by atoms with van der Waals surface area (Å²) >= 11 is 0. The highest BCUT2D eigenvalue weighted by Gasteiger charge is 2.19. The van der Waals surface area contributed by atoms with Gasteiger partial charge < -0.3 is 9.26 Å². The van der Waals surface area contributed by atoms with Gasteiger partial charge in [0.2, 0.25) is 0 Å². The molecule has 0 saturated heterocycles. The van der Waals surface area contributed by atoms with Gasteiger partial charge in [0.25, 0.3) is 0 Å². The van der Waals surface area contributed by atoms with Crippen molar-refractivity contribution >= 4 is 17.8 Å². The van der Waals surface area contributed by atoms with Crippen LogP contribution in [0.4, 0.5) is 0 Å². The maximum absolute atomic E-state index is 5.66. The first-order valence-corrected chi connectivity index (χ1v) is 11.9. The van der Waals surface area contributed by atoms with Gasteiger partial charge in [-0.15, -0.1) is 0 Å². The average Bonchev–Trinajstić information content (AvgIpc) is 3.51. The second-order valence-electron chi connectivity index (χ2n) is 8.58. The van der Waals surface area contributed by atoms with E-state index in [2.05, 4.69) is 18.2 Å². The lowest BCUT2D eigenvalue weighted by Gasteiger charge is -2.10. The van der Waals surface area contributed by atoms with Gasteiger partial charge in [-0.1, -0.05) is 48.5 Å². The Kier molecular flexibility index (Phi) is 6.75. The van der Waals surface area contributed by atoms with Crippen LogP contribution in [0.5, 0.6) is 5.75 Å². The predicted molar refractivity (Wildman–Crippen MR) is 136 cm³/mol. The first-order chi connectivity index (χ1) is 16.8. The lowest BCUT2D eigenvalue weighted by molar-refractivity contribution is 0.317. The van der Waals surface area contributed by atoms with Crippen LogP contribution in [0.2, 0.25) is 0 Å². The zero-order valence-corrected chi connectivity index (χ0v) is 19.4. The number of aliphatic imine (C=N–C) groups is 3. The smallest absolute Gasteiger partial charge is 0.160 e. The number of hydrogen-bond donors (Lipinski definition) is 0. The van der Waals surface area contributed by atoms with E-state index in [1.54, 1.807) is 0 Å². The van der Waals surface area contributed by atoms with E-state index in [9.17, 15) is 0 Å². The second-order valence-corrected chi connectivity index (χ2v) is 8.58. The molecule has 1 aromatic heterocycles. The molecule has 172 valence electrons. The monoisotopic (exact) mass is 452 g/mol. The lowest BCUT2D eigenvalue weighted by Crippen LogP contribution is -2.08. The van der Waals surface area contributed by atoms with E-state index in [1.165, 1.54) is 0 Å². The highest BCUT2D eigenvalue weighted by atomic mass is 16.5. The molecule has 0 N–H and O–H groups in total. The molecule has 0 fully saturated rings. The Hall–Kier alpha value is -3.80. The SMILES string of the molecule is CCCOc1ccc(-c2cc(CC3CCC=C4N=C(c5ccccc5)N=C4C=NC3)on2)cc1. The van der Waals surface area contributed by atoms with E-state index in [0.29, 0.717) is 5.92 Å². The van der Waals surface area contributed by atoms with Gasteiger partial charge in [0.1, 0.15) is 22.9 Å². The summed E-state index contributed by atoms with van der Waals surface area (Å²) in [4.78, 5) is 14.1. The fraction of sp³-hybridized carbons (Fsp3) is 0.286. The number of benzene rings is 2. The van der Waals surface area contributed by atoms with Gasteiger partial charge in [-0.3, -0.25) is 4.99 Å². The Labute approximate surface area is 199 Å². The molecule has 0 aliphatic carbocycles. The standard InChI is InChI=1S/C28H28N4O2/c1-2-15-33-23-13-11-21(12-14-23)26-17-24(34-32-26)16-20-7-6-10-25-27(19-29-18-20)31-28(30-25)22-8-4-3-5-9-22/h3-5,8-14,17,19-20H,2,6-7,15-16,18H2,1H3. The zero-order chi connectivity index (χ0) is 23.2. The predicted octanol–water partition coefficient (Wildman–Crippen LogP) is 5.94. The van der Waals surface area contributed by atoms with Crippen molar-refractivity contribution in [2.24, 2.45) is 20.9 Å². The lowest BCUT2D eigenvalue weighted by atomic mass is 9.97. The summed E-state index contributed by atoms with van der Waals surface area (Å²) in [5, 5.41) is 4.28. The molecule has 6 nitrogen and oxygen atoms in total. The summed E-state index contributed by atoms with van der Waals surface area (Å²) in [6.07, 6.45) is 7.76. The van der Waals surface area contributed by atoms with E-state index >= 15 is 0 Å². The van der Waals surface area contributed by atoms with Crippen LogP contribution in [-0.4, -0.2) is 36.1 Å². The van der Waals surface area contributed by atoms with Crippen LogP contribution < -0.4 is 4.74 Å². The van der Waals surface area contributed by atoms with E-state index in [0.717, 1.165) is 84.4 Å². The van der Waals surface area contributed by atoms with Gasteiger partial charge in [-0.25, -0.2) is 9.98 Å². The summed E-state index contributed by atoms with van der Waals surface area (Å²) in [5.74, 6) is 2.89. The number of ether oxygens (including phenoxy) is 1. The minimum Gasteiger partial charge on any atom is -0.494 e. The van der Waals surface area contributed by atoms with E-state index in [-0.39, 0.29) is 0 Å². The van der Waals surface area contributed by atoms with Crippen molar-refractivity contribution in [3.63, 3.8) is 0 Å². The molecule has 0 amide bonds. The maximum atomic E-state index is 5.66. The van der Waals surface area contributed by atoms with Gasteiger partial charge in [-0.2, -0.15) is 0 Å². The molecular weight excluding hydrogens is 424 g/mol. The third-order valence-electron chi connectivity index (χ3n) is 5.91. The number of allylic oxidation sites excluding steroid dienone is 2. The van der Waals surface area contributed by atoms with Gasteiger partial charge >= 0.3 is 0 Å². The average molecular weight is 453 g/mol. The molecule has 2 aliphatic heterocycles. The van der Waals surface area contributed by atoms with E-state index < -0.39 is 0 Å². The van der Waals surface area contributed by atoms with Crippen LogP contribution in [0.3, 0.4) is 0 Å². The number of amidine groups is 1. The first-order valence-electron chi connectivity index (χ1n) is 11.9. The van der Waals surface area contributed by atoms with Crippen molar-refractivity contribution < 1.29 is 9.26 Å². The van der Waals surface area contributed by atoms with Gasteiger partial charge in [-0.05, 0) is 49.4 Å². The normalized spacial score (nSPS) is 17.7. The maximum Gasteiger partial charge on any atom is 0.160 e. The van der Waals surface area contributed by atoms with Crippen molar-refractivity contribution in [1.29, 1.82) is 0 Å². The highest BCUT2D eigenvalue weighted by Crippen LogP contribution is 2.25. The van der Waals surface area contributed by atoms with Crippen LogP contribution in [0, 0.1) is 5.92 Å². The Bertz CT molecular complexity index is 1240. The van der Waals surface area contributed by atoms with Crippen molar-refractivity contribution in [3.05, 3.63) is 83.8 Å². The molecule has 2 aliphatic rings. The Morgan fingerprint density at radius 2 is 1.85 bits per heavy atom. The molecule has 0 radical (unpaired) electrons. The summed E-state index contributed by atoms with van der Waals surface area (Å²) in [6.45, 7) is 3.54. The Morgan fingerprint density at radius 1 is 1.00 bits per heavy atom. The zero-order valence-electron chi connectivity index (χ0n) is 19.4. The van der Waals surface area contributed by atoms with Crippen molar-refractivity contribution in [3.8, 4) is 17.0 Å². The summed E-state index contributed by atoms with van der Waals surface area (Å²) in [5.41, 5.74) is 4.65.